The van der Waals surface area contributed by atoms with Crippen LogP contribution in [0.5, 0.6) is 0 Å². The van der Waals surface area contributed by atoms with Gasteiger partial charge in [-0.2, -0.15) is 0 Å². The maximum Gasteiger partial charge on any atom is 0.133 e. The number of ketones is 1. The smallest absolute Gasteiger partial charge is 0.133 e. The minimum atomic E-state index is 0.392. The maximum atomic E-state index is 12.2. The topological polar surface area (TPSA) is 26.3 Å². The monoisotopic (exact) mass is 344 g/mol. The van der Waals surface area contributed by atoms with E-state index in [1.807, 2.05) is 7.11 Å². The van der Waals surface area contributed by atoms with E-state index in [-0.39, 0.29) is 0 Å². The van der Waals surface area contributed by atoms with Crippen LogP contribution < -0.4 is 0 Å². The van der Waals surface area contributed by atoms with Gasteiger partial charge in [0, 0.05) is 26.6 Å². The van der Waals surface area contributed by atoms with Crippen LogP contribution >= 0.6 is 0 Å². The summed E-state index contributed by atoms with van der Waals surface area (Å²) in [6.45, 7) is 8.23. The van der Waals surface area contributed by atoms with Crippen molar-refractivity contribution < 1.29 is 9.53 Å². The van der Waals surface area contributed by atoms with Gasteiger partial charge in [0.1, 0.15) is 5.78 Å². The fourth-order valence-electron chi connectivity index (χ4n) is 7.92. The van der Waals surface area contributed by atoms with E-state index in [4.69, 9.17) is 4.74 Å². The largest absolute Gasteiger partial charge is 0.384 e. The number of ether oxygens (including phenoxy) is 1. The van der Waals surface area contributed by atoms with Gasteiger partial charge in [0.05, 0.1) is 0 Å². The normalized spacial score (nSPS) is 51.1. The predicted molar refractivity (Wildman–Crippen MR) is 101 cm³/mol. The molecule has 4 aliphatic rings. The Morgan fingerprint density at radius 2 is 1.96 bits per heavy atom. The second-order valence-electron chi connectivity index (χ2n) is 10.00. The Morgan fingerprint density at radius 1 is 1.16 bits per heavy atom. The Morgan fingerprint density at radius 3 is 2.68 bits per heavy atom. The molecule has 7 atom stereocenters. The van der Waals surface area contributed by atoms with Crippen LogP contribution in [0.4, 0.5) is 0 Å². The summed E-state index contributed by atoms with van der Waals surface area (Å²) in [5.74, 6) is 4.18. The van der Waals surface area contributed by atoms with Crippen LogP contribution in [0.2, 0.25) is 0 Å². The van der Waals surface area contributed by atoms with Crippen molar-refractivity contribution in [3.63, 3.8) is 0 Å². The molecule has 4 fully saturated rings. The molecular weight excluding hydrogens is 308 g/mol. The lowest BCUT2D eigenvalue weighted by Gasteiger charge is -2.62. The maximum absolute atomic E-state index is 12.2. The molecule has 0 spiro atoms. The number of Topliss-reactive ketones (excluding diaryl/α,β-unsaturated/α-hetero) is 1. The number of carbonyl (C=O) groups is 1. The Kier molecular flexibility index (Phi) is 4.42. The molecule has 0 amide bonds. The van der Waals surface area contributed by atoms with Crippen molar-refractivity contribution in [1.82, 2.24) is 0 Å². The number of allylic oxidation sites excluding steroid dienone is 2. The summed E-state index contributed by atoms with van der Waals surface area (Å²) in [6.07, 6.45) is 11.8. The molecule has 4 aliphatic carbocycles. The lowest BCUT2D eigenvalue weighted by atomic mass is 9.43. The Bertz CT molecular complexity index is 579. The van der Waals surface area contributed by atoms with Crippen molar-refractivity contribution in [3.8, 4) is 0 Å². The highest BCUT2D eigenvalue weighted by molar-refractivity contribution is 5.79. The third-order valence-corrected chi connectivity index (χ3v) is 9.24. The van der Waals surface area contributed by atoms with Gasteiger partial charge in [-0.25, -0.2) is 0 Å². The average molecular weight is 345 g/mol. The van der Waals surface area contributed by atoms with E-state index in [1.165, 1.54) is 32.1 Å². The molecule has 0 radical (unpaired) electrons. The molecule has 0 aromatic rings. The zero-order chi connectivity index (χ0) is 17.8. The first kappa shape index (κ1) is 17.8. The number of hydrogen-bond donors (Lipinski definition) is 0. The van der Waals surface area contributed by atoms with Crippen molar-refractivity contribution in [1.29, 1.82) is 0 Å². The summed E-state index contributed by atoms with van der Waals surface area (Å²) < 4.78 is 5.70. The Labute approximate surface area is 153 Å². The molecule has 0 saturated heterocycles. The van der Waals surface area contributed by atoms with Crippen molar-refractivity contribution >= 4 is 5.78 Å². The third-order valence-electron chi connectivity index (χ3n) is 9.24. The summed E-state index contributed by atoms with van der Waals surface area (Å²) >= 11 is 0. The number of hydrogen-bond acceptors (Lipinski definition) is 2. The minimum absolute atomic E-state index is 0.392. The summed E-state index contributed by atoms with van der Waals surface area (Å²) in [6, 6.07) is 0. The molecule has 2 nitrogen and oxygen atoms in total. The fraction of sp³-hybridized carbons (Fsp3) is 0.870. The molecule has 25 heavy (non-hydrogen) atoms. The Balaban J connectivity index is 1.71. The first-order valence-corrected chi connectivity index (χ1v) is 10.6. The van der Waals surface area contributed by atoms with Gasteiger partial charge >= 0.3 is 0 Å². The molecule has 0 N–H and O–H groups in total. The number of rotatable bonds is 2. The van der Waals surface area contributed by atoms with Crippen molar-refractivity contribution in [2.45, 2.75) is 72.1 Å². The molecule has 4 saturated carbocycles. The van der Waals surface area contributed by atoms with E-state index in [0.717, 1.165) is 43.6 Å². The van der Waals surface area contributed by atoms with Gasteiger partial charge in [-0.1, -0.05) is 25.5 Å². The van der Waals surface area contributed by atoms with Crippen LogP contribution in [0, 0.1) is 40.4 Å². The first-order valence-electron chi connectivity index (χ1n) is 10.6. The third kappa shape index (κ3) is 2.50. The molecule has 0 aromatic carbocycles. The molecule has 4 rings (SSSR count). The van der Waals surface area contributed by atoms with Gasteiger partial charge in [-0.3, -0.25) is 4.79 Å². The van der Waals surface area contributed by atoms with E-state index in [0.29, 0.717) is 28.4 Å². The second-order valence-corrected chi connectivity index (χ2v) is 10.00. The number of carbonyl (C=O) groups excluding carboxylic acids is 1. The van der Waals surface area contributed by atoms with Crippen LogP contribution in [-0.4, -0.2) is 19.5 Å². The zero-order valence-corrected chi connectivity index (χ0v) is 16.6. The van der Waals surface area contributed by atoms with Gasteiger partial charge in [-0.05, 0) is 85.9 Å². The van der Waals surface area contributed by atoms with Crippen LogP contribution in [0.3, 0.4) is 0 Å². The van der Waals surface area contributed by atoms with Crippen molar-refractivity contribution in [2.24, 2.45) is 40.4 Å². The summed E-state index contributed by atoms with van der Waals surface area (Å²) in [5.41, 5.74) is 2.54. The van der Waals surface area contributed by atoms with E-state index >= 15 is 0 Å². The molecule has 0 aliphatic heterocycles. The molecule has 2 heteroatoms. The van der Waals surface area contributed by atoms with Gasteiger partial charge < -0.3 is 4.74 Å². The van der Waals surface area contributed by atoms with Gasteiger partial charge in [0.15, 0.2) is 0 Å². The molecular formula is C23H36O2. The molecule has 0 bridgehead atoms. The van der Waals surface area contributed by atoms with Gasteiger partial charge in [-0.15, -0.1) is 0 Å². The number of methoxy groups -OCH3 is 1. The Hall–Kier alpha value is -0.630. The highest BCUT2D eigenvalue weighted by Gasteiger charge is 2.61. The lowest BCUT2D eigenvalue weighted by molar-refractivity contribution is -0.151. The van der Waals surface area contributed by atoms with Crippen LogP contribution in [0.15, 0.2) is 11.6 Å². The molecule has 0 aromatic heterocycles. The van der Waals surface area contributed by atoms with Crippen molar-refractivity contribution in [3.05, 3.63) is 11.6 Å². The highest BCUT2D eigenvalue weighted by atomic mass is 16.5. The predicted octanol–water partition coefficient (Wildman–Crippen LogP) is 5.42. The standard InChI is InChI=1S/C23H36O2/c1-5-16-6-7-19-21-15(14-25-4)12-17-13-18(24)8-10-23(17,3)20(21)9-11-22(16,19)2/h5,15,17,19-21H,6-14H2,1-4H3/b16-5-. The van der Waals surface area contributed by atoms with E-state index in [1.54, 1.807) is 5.57 Å². The van der Waals surface area contributed by atoms with E-state index in [2.05, 4.69) is 26.8 Å². The van der Waals surface area contributed by atoms with Crippen LogP contribution in [-0.2, 0) is 9.53 Å². The highest BCUT2D eigenvalue weighted by Crippen LogP contribution is 2.68. The first-order chi connectivity index (χ1) is 11.9. The lowest BCUT2D eigenvalue weighted by Crippen LogP contribution is -2.56. The van der Waals surface area contributed by atoms with E-state index in [9.17, 15) is 4.79 Å². The molecule has 7 unspecified atom stereocenters. The summed E-state index contributed by atoms with van der Waals surface area (Å²) in [5, 5.41) is 0. The van der Waals surface area contributed by atoms with Crippen LogP contribution in [0.25, 0.3) is 0 Å². The van der Waals surface area contributed by atoms with E-state index < -0.39 is 0 Å². The minimum Gasteiger partial charge on any atom is -0.384 e. The summed E-state index contributed by atoms with van der Waals surface area (Å²) in [7, 11) is 1.86. The second kappa shape index (κ2) is 6.22. The summed E-state index contributed by atoms with van der Waals surface area (Å²) in [4.78, 5) is 12.2. The SMILES string of the molecule is C/C=C1/CCC2C3C(COC)CC4CC(=O)CCC4(C)C3CCC12C. The number of fused-ring (bicyclic) bond motifs is 5. The van der Waals surface area contributed by atoms with Gasteiger partial charge in [0.25, 0.3) is 0 Å². The van der Waals surface area contributed by atoms with Gasteiger partial charge in [0.2, 0.25) is 0 Å². The molecule has 0 heterocycles. The average Bonchev–Trinajstić information content (AvgIpc) is 2.93. The van der Waals surface area contributed by atoms with Crippen molar-refractivity contribution in [2.75, 3.05) is 13.7 Å². The van der Waals surface area contributed by atoms with Crippen LogP contribution in [0.1, 0.15) is 72.1 Å². The molecule has 140 valence electrons. The quantitative estimate of drug-likeness (QED) is 0.625. The zero-order valence-electron chi connectivity index (χ0n) is 16.6. The fourth-order valence-corrected chi connectivity index (χ4v) is 7.92.